The lowest BCUT2D eigenvalue weighted by Gasteiger charge is -2.42. The third kappa shape index (κ3) is 2.98. The van der Waals surface area contributed by atoms with Gasteiger partial charge in [0, 0.05) is 6.04 Å². The van der Waals surface area contributed by atoms with Crippen LogP contribution in [0.3, 0.4) is 0 Å². The van der Waals surface area contributed by atoms with E-state index in [1.165, 1.54) is 32.1 Å². The van der Waals surface area contributed by atoms with Crippen LogP contribution >= 0.6 is 0 Å². The van der Waals surface area contributed by atoms with Gasteiger partial charge < -0.3 is 5.73 Å². The van der Waals surface area contributed by atoms with Crippen molar-refractivity contribution < 1.29 is 0 Å². The molecule has 0 amide bonds. The van der Waals surface area contributed by atoms with Gasteiger partial charge in [0.2, 0.25) is 0 Å². The van der Waals surface area contributed by atoms with Crippen LogP contribution in [0.5, 0.6) is 0 Å². The van der Waals surface area contributed by atoms with Gasteiger partial charge in [-0.1, -0.05) is 40.5 Å². The van der Waals surface area contributed by atoms with Gasteiger partial charge in [0.25, 0.3) is 0 Å². The van der Waals surface area contributed by atoms with Crippen LogP contribution in [0.15, 0.2) is 0 Å². The Bertz CT molecular complexity index is 169. The molecular weight excluding hydrogens is 170 g/mol. The quantitative estimate of drug-likeness (QED) is 0.719. The average molecular weight is 197 g/mol. The first-order chi connectivity index (χ1) is 6.45. The summed E-state index contributed by atoms with van der Waals surface area (Å²) in [7, 11) is 0. The van der Waals surface area contributed by atoms with Gasteiger partial charge in [-0.05, 0) is 36.5 Å². The van der Waals surface area contributed by atoms with Gasteiger partial charge in [0.15, 0.2) is 0 Å². The summed E-state index contributed by atoms with van der Waals surface area (Å²) in [6.45, 7) is 9.31. The van der Waals surface area contributed by atoms with Crippen LogP contribution in [-0.4, -0.2) is 6.04 Å². The fourth-order valence-corrected chi connectivity index (χ4v) is 2.95. The van der Waals surface area contributed by atoms with Gasteiger partial charge in [-0.25, -0.2) is 0 Å². The number of rotatable bonds is 2. The predicted octanol–water partition coefficient (Wildman–Crippen LogP) is 3.58. The molecule has 0 saturated heterocycles. The Hall–Kier alpha value is -0.0400. The van der Waals surface area contributed by atoms with Crippen LogP contribution in [0.1, 0.15) is 59.8 Å². The molecular formula is C13H27N. The van der Waals surface area contributed by atoms with E-state index in [2.05, 4.69) is 27.7 Å². The van der Waals surface area contributed by atoms with Crippen molar-refractivity contribution in [3.8, 4) is 0 Å². The van der Waals surface area contributed by atoms with E-state index >= 15 is 0 Å². The molecule has 1 aliphatic rings. The van der Waals surface area contributed by atoms with Gasteiger partial charge in [-0.3, -0.25) is 0 Å². The standard InChI is InChI=1S/C13H27N/c1-5-6-10-7-8-12(14)11(9-10)13(2,3)4/h10-12H,5-9,14H2,1-4H3. The molecule has 1 aliphatic carbocycles. The van der Waals surface area contributed by atoms with E-state index in [0.717, 1.165) is 11.8 Å². The first-order valence-electron chi connectivity index (χ1n) is 6.20. The molecule has 1 saturated carbocycles. The zero-order chi connectivity index (χ0) is 10.8. The fourth-order valence-electron chi connectivity index (χ4n) is 2.95. The van der Waals surface area contributed by atoms with Crippen LogP contribution in [-0.2, 0) is 0 Å². The first-order valence-corrected chi connectivity index (χ1v) is 6.20. The molecule has 1 fully saturated rings. The predicted molar refractivity (Wildman–Crippen MR) is 63.2 cm³/mol. The largest absolute Gasteiger partial charge is 0.327 e. The normalized spacial score (nSPS) is 34.5. The van der Waals surface area contributed by atoms with E-state index < -0.39 is 0 Å². The number of nitrogens with two attached hydrogens (primary N) is 1. The van der Waals surface area contributed by atoms with E-state index in [1.807, 2.05) is 0 Å². The lowest BCUT2D eigenvalue weighted by atomic mass is 9.66. The molecule has 84 valence electrons. The summed E-state index contributed by atoms with van der Waals surface area (Å²) >= 11 is 0. The summed E-state index contributed by atoms with van der Waals surface area (Å²) in [5.74, 6) is 1.68. The Morgan fingerprint density at radius 2 is 1.86 bits per heavy atom. The number of hydrogen-bond donors (Lipinski definition) is 1. The molecule has 0 aromatic rings. The first kappa shape index (κ1) is 12.0. The summed E-state index contributed by atoms with van der Waals surface area (Å²) in [6, 6.07) is 0.447. The van der Waals surface area contributed by atoms with Crippen LogP contribution in [0.25, 0.3) is 0 Å². The minimum Gasteiger partial charge on any atom is -0.327 e. The van der Waals surface area contributed by atoms with Crippen molar-refractivity contribution in [1.82, 2.24) is 0 Å². The summed E-state index contributed by atoms with van der Waals surface area (Å²) < 4.78 is 0. The van der Waals surface area contributed by atoms with Crippen molar-refractivity contribution in [2.45, 2.75) is 65.8 Å². The molecule has 1 nitrogen and oxygen atoms in total. The second kappa shape index (κ2) is 4.65. The summed E-state index contributed by atoms with van der Waals surface area (Å²) in [5, 5.41) is 0. The molecule has 2 N–H and O–H groups in total. The molecule has 0 heterocycles. The van der Waals surface area contributed by atoms with Crippen LogP contribution in [0.4, 0.5) is 0 Å². The highest BCUT2D eigenvalue weighted by molar-refractivity contribution is 4.88. The minimum absolute atomic E-state index is 0.395. The Morgan fingerprint density at radius 3 is 2.36 bits per heavy atom. The molecule has 0 bridgehead atoms. The molecule has 14 heavy (non-hydrogen) atoms. The molecule has 0 aromatic carbocycles. The third-order valence-corrected chi connectivity index (χ3v) is 3.82. The Morgan fingerprint density at radius 1 is 1.21 bits per heavy atom. The topological polar surface area (TPSA) is 26.0 Å². The average Bonchev–Trinajstić information content (AvgIpc) is 2.07. The van der Waals surface area contributed by atoms with Crippen molar-refractivity contribution in [2.24, 2.45) is 23.0 Å². The lowest BCUT2D eigenvalue weighted by molar-refractivity contribution is 0.114. The Kier molecular flexibility index (Phi) is 4.00. The SMILES string of the molecule is CCCC1CCC(N)C(C(C)(C)C)C1. The maximum Gasteiger partial charge on any atom is 0.00723 e. The van der Waals surface area contributed by atoms with Crippen LogP contribution in [0, 0.1) is 17.3 Å². The smallest absolute Gasteiger partial charge is 0.00723 e. The maximum absolute atomic E-state index is 6.22. The summed E-state index contributed by atoms with van der Waals surface area (Å²) in [6.07, 6.45) is 6.70. The van der Waals surface area contributed by atoms with Crippen LogP contribution in [0.2, 0.25) is 0 Å². The van der Waals surface area contributed by atoms with Gasteiger partial charge in [0.1, 0.15) is 0 Å². The highest BCUT2D eigenvalue weighted by atomic mass is 14.7. The maximum atomic E-state index is 6.22. The van der Waals surface area contributed by atoms with Crippen molar-refractivity contribution in [2.75, 3.05) is 0 Å². The summed E-state index contributed by atoms with van der Waals surface area (Å²) in [4.78, 5) is 0. The van der Waals surface area contributed by atoms with E-state index in [4.69, 9.17) is 5.73 Å². The molecule has 0 spiro atoms. The zero-order valence-electron chi connectivity index (χ0n) is 10.3. The van der Waals surface area contributed by atoms with Gasteiger partial charge in [0.05, 0.1) is 0 Å². The highest BCUT2D eigenvalue weighted by Crippen LogP contribution is 2.40. The number of hydrogen-bond acceptors (Lipinski definition) is 1. The van der Waals surface area contributed by atoms with Crippen molar-refractivity contribution in [3.05, 3.63) is 0 Å². The minimum atomic E-state index is 0.395. The molecule has 3 unspecified atom stereocenters. The monoisotopic (exact) mass is 197 g/mol. The zero-order valence-corrected chi connectivity index (χ0v) is 10.3. The highest BCUT2D eigenvalue weighted by Gasteiger charge is 2.35. The van der Waals surface area contributed by atoms with Crippen LogP contribution < -0.4 is 5.73 Å². The van der Waals surface area contributed by atoms with Crippen molar-refractivity contribution in [1.29, 1.82) is 0 Å². The molecule has 0 aliphatic heterocycles. The van der Waals surface area contributed by atoms with Gasteiger partial charge in [-0.2, -0.15) is 0 Å². The van der Waals surface area contributed by atoms with E-state index in [9.17, 15) is 0 Å². The molecule has 1 rings (SSSR count). The molecule has 3 atom stereocenters. The molecule has 0 aromatic heterocycles. The van der Waals surface area contributed by atoms with E-state index in [0.29, 0.717) is 11.5 Å². The van der Waals surface area contributed by atoms with E-state index in [1.54, 1.807) is 0 Å². The van der Waals surface area contributed by atoms with Crippen molar-refractivity contribution in [3.63, 3.8) is 0 Å². The van der Waals surface area contributed by atoms with Gasteiger partial charge in [-0.15, -0.1) is 0 Å². The third-order valence-electron chi connectivity index (χ3n) is 3.82. The van der Waals surface area contributed by atoms with E-state index in [-0.39, 0.29) is 0 Å². The fraction of sp³-hybridized carbons (Fsp3) is 1.00. The lowest BCUT2D eigenvalue weighted by Crippen LogP contribution is -2.42. The Balaban J connectivity index is 2.55. The summed E-state index contributed by atoms with van der Waals surface area (Å²) in [5.41, 5.74) is 6.62. The Labute approximate surface area is 89.5 Å². The molecule has 1 heteroatoms. The second-order valence-corrected chi connectivity index (χ2v) is 6.10. The second-order valence-electron chi connectivity index (χ2n) is 6.10. The molecule has 0 radical (unpaired) electrons. The van der Waals surface area contributed by atoms with Crippen molar-refractivity contribution >= 4 is 0 Å². The van der Waals surface area contributed by atoms with Gasteiger partial charge >= 0.3 is 0 Å².